The van der Waals surface area contributed by atoms with E-state index in [1.54, 1.807) is 52.9 Å². The lowest BCUT2D eigenvalue weighted by atomic mass is 9.73. The Morgan fingerprint density at radius 3 is 2.21 bits per heavy atom. The Labute approximate surface area is 299 Å². The van der Waals surface area contributed by atoms with Crippen LogP contribution >= 0.6 is 46.1 Å². The Bertz CT molecular complexity index is 1250. The van der Waals surface area contributed by atoms with Gasteiger partial charge in [0.15, 0.2) is 0 Å². The first-order valence-corrected chi connectivity index (χ1v) is 17.7. The summed E-state index contributed by atoms with van der Waals surface area (Å²) in [6, 6.07) is 0. The van der Waals surface area contributed by atoms with E-state index in [1.165, 1.54) is 0 Å². The quantitative estimate of drug-likeness (QED) is 0.0916. The lowest BCUT2D eigenvalue weighted by molar-refractivity contribution is -0.160. The minimum atomic E-state index is -1.85. The smallest absolute Gasteiger partial charge is 0.460 e. The summed E-state index contributed by atoms with van der Waals surface area (Å²) in [6.07, 6.45) is 1.97. The standard InChI is InChI=1S/C34H52Cl3NO8S/c1-20(14-15-26(39)22(3)16-25-18-47-24(5)38-25)12-11-13-21(2)29(45-31(43)44-19-34(35,36)37)23(4)30(42)33(9,10)27(40)17-28(41)46-32(6,7)8/h14,16,18,21,23,26-27,29,39-40H,11-13,15,17,19H2,1-10H3/b20-14-,22-16+/t21-,23+,26-,27-,29-/m0/s1. The summed E-state index contributed by atoms with van der Waals surface area (Å²) in [5.41, 5.74) is 0.630. The minimum absolute atomic E-state index is 0.307. The molecular formula is C34H52Cl3NO8S. The molecule has 0 spiro atoms. The predicted molar refractivity (Wildman–Crippen MR) is 189 cm³/mol. The van der Waals surface area contributed by atoms with E-state index in [0.29, 0.717) is 19.3 Å². The van der Waals surface area contributed by atoms with Gasteiger partial charge in [-0.15, -0.1) is 11.3 Å². The molecule has 47 heavy (non-hydrogen) atoms. The van der Waals surface area contributed by atoms with Crippen molar-refractivity contribution in [1.29, 1.82) is 0 Å². The molecule has 9 nitrogen and oxygen atoms in total. The van der Waals surface area contributed by atoms with Crippen LogP contribution in [0.15, 0.2) is 22.6 Å². The van der Waals surface area contributed by atoms with Gasteiger partial charge in [-0.2, -0.15) is 0 Å². The van der Waals surface area contributed by atoms with E-state index in [2.05, 4.69) is 4.98 Å². The molecular weight excluding hydrogens is 689 g/mol. The largest absolute Gasteiger partial charge is 0.508 e. The Morgan fingerprint density at radius 2 is 1.68 bits per heavy atom. The van der Waals surface area contributed by atoms with Crippen LogP contribution in [0.1, 0.15) is 105 Å². The van der Waals surface area contributed by atoms with Crippen LogP contribution in [0.25, 0.3) is 6.08 Å². The van der Waals surface area contributed by atoms with Gasteiger partial charge < -0.3 is 24.4 Å². The number of carbonyl (C=O) groups is 3. The second-order valence-electron chi connectivity index (χ2n) is 13.8. The summed E-state index contributed by atoms with van der Waals surface area (Å²) >= 11 is 18.7. The van der Waals surface area contributed by atoms with Crippen molar-refractivity contribution in [3.63, 3.8) is 0 Å². The molecule has 0 aliphatic heterocycles. The van der Waals surface area contributed by atoms with Gasteiger partial charge in [0.2, 0.25) is 3.79 Å². The van der Waals surface area contributed by atoms with Crippen molar-refractivity contribution >= 4 is 70.1 Å². The average molecular weight is 741 g/mol. The number of allylic oxidation sites excluding steroid dienone is 1. The monoisotopic (exact) mass is 739 g/mol. The van der Waals surface area contributed by atoms with Crippen LogP contribution in [0.2, 0.25) is 0 Å². The van der Waals surface area contributed by atoms with Gasteiger partial charge in [0, 0.05) is 5.38 Å². The van der Waals surface area contributed by atoms with Crippen molar-refractivity contribution in [2.45, 2.75) is 129 Å². The molecule has 13 heteroatoms. The summed E-state index contributed by atoms with van der Waals surface area (Å²) in [7, 11) is 0. The molecule has 0 radical (unpaired) electrons. The molecule has 0 amide bonds. The fraction of sp³-hybridized carbons (Fsp3) is 0.706. The number of ketones is 1. The SMILES string of the molecule is C/C(=C/C[C@H](O)/C(C)=C/c1csc(C)n1)CCC[C@H](C)[C@H](OC(=O)OCC(Cl)(Cl)Cl)[C@@H](C)C(=O)C(C)(C)[C@@H](O)CC(=O)OC(C)(C)C. The predicted octanol–water partition coefficient (Wildman–Crippen LogP) is 8.57. The molecule has 0 unspecified atom stereocenters. The van der Waals surface area contributed by atoms with Crippen molar-refractivity contribution in [2.24, 2.45) is 17.3 Å². The number of ether oxygens (including phenoxy) is 3. The molecule has 2 N–H and O–H groups in total. The Kier molecular flexibility index (Phi) is 17.4. The molecule has 0 aliphatic rings. The zero-order valence-electron chi connectivity index (χ0n) is 29.2. The number of hydrogen-bond acceptors (Lipinski definition) is 10. The fourth-order valence-corrected chi connectivity index (χ4v) is 5.67. The van der Waals surface area contributed by atoms with Gasteiger partial charge in [0.05, 0.1) is 40.7 Å². The highest BCUT2D eigenvalue weighted by molar-refractivity contribution is 7.09. The number of halogens is 3. The second kappa shape index (κ2) is 18.9. The Balaban J connectivity index is 2.97. The molecule has 0 saturated carbocycles. The van der Waals surface area contributed by atoms with Gasteiger partial charge >= 0.3 is 12.1 Å². The van der Waals surface area contributed by atoms with Gasteiger partial charge in [-0.25, -0.2) is 9.78 Å². The van der Waals surface area contributed by atoms with E-state index in [4.69, 9.17) is 49.0 Å². The van der Waals surface area contributed by atoms with Gasteiger partial charge in [0.1, 0.15) is 24.1 Å². The zero-order valence-corrected chi connectivity index (χ0v) is 32.3. The highest BCUT2D eigenvalue weighted by atomic mass is 35.6. The summed E-state index contributed by atoms with van der Waals surface area (Å²) in [5, 5.41) is 24.4. The highest BCUT2D eigenvalue weighted by Gasteiger charge is 2.44. The minimum Gasteiger partial charge on any atom is -0.460 e. The van der Waals surface area contributed by atoms with E-state index >= 15 is 0 Å². The molecule has 5 atom stereocenters. The number of aromatic nitrogens is 1. The number of esters is 1. The molecule has 0 bridgehead atoms. The first-order valence-electron chi connectivity index (χ1n) is 15.7. The van der Waals surface area contributed by atoms with E-state index in [0.717, 1.165) is 28.3 Å². The molecule has 0 saturated heterocycles. The van der Waals surface area contributed by atoms with E-state index in [1.807, 2.05) is 45.2 Å². The van der Waals surface area contributed by atoms with Crippen LogP contribution in [0.4, 0.5) is 4.79 Å². The van der Waals surface area contributed by atoms with Gasteiger partial charge in [0.25, 0.3) is 0 Å². The van der Waals surface area contributed by atoms with Crippen LogP contribution in [0.3, 0.4) is 0 Å². The van der Waals surface area contributed by atoms with Gasteiger partial charge in [-0.3, -0.25) is 9.59 Å². The van der Waals surface area contributed by atoms with Crippen molar-refractivity contribution in [3.05, 3.63) is 33.3 Å². The zero-order chi connectivity index (χ0) is 36.3. The third-order valence-corrected chi connectivity index (χ3v) is 8.88. The first-order chi connectivity index (χ1) is 21.4. The molecule has 1 aromatic rings. The van der Waals surface area contributed by atoms with Crippen LogP contribution in [0, 0.1) is 24.2 Å². The normalized spacial score (nSPS) is 16.6. The van der Waals surface area contributed by atoms with Crippen molar-refractivity contribution in [2.75, 3.05) is 6.61 Å². The number of aliphatic hydroxyl groups is 2. The number of aliphatic hydroxyl groups excluding tert-OH is 2. The number of carbonyl (C=O) groups excluding carboxylic acids is 3. The van der Waals surface area contributed by atoms with E-state index in [-0.39, 0.29) is 12.3 Å². The molecule has 0 fully saturated rings. The Morgan fingerprint density at radius 1 is 1.06 bits per heavy atom. The topological polar surface area (TPSA) is 132 Å². The van der Waals surface area contributed by atoms with E-state index in [9.17, 15) is 24.6 Å². The summed E-state index contributed by atoms with van der Waals surface area (Å²) in [6.45, 7) is 17.0. The molecule has 1 heterocycles. The summed E-state index contributed by atoms with van der Waals surface area (Å²) < 4.78 is 14.1. The summed E-state index contributed by atoms with van der Waals surface area (Å²) in [4.78, 5) is 43.2. The lowest BCUT2D eigenvalue weighted by Gasteiger charge is -2.36. The number of hydrogen-bond donors (Lipinski definition) is 2. The number of aryl methyl sites for hydroxylation is 1. The lowest BCUT2D eigenvalue weighted by Crippen LogP contribution is -2.47. The maximum Gasteiger partial charge on any atom is 0.508 e. The number of nitrogens with zero attached hydrogens (tertiary/aromatic N) is 1. The summed E-state index contributed by atoms with van der Waals surface area (Å²) in [5.74, 6) is -2.22. The number of Topliss-reactive ketones (excluding diaryl/α,β-unsaturated/α-hetero) is 1. The van der Waals surface area contributed by atoms with Crippen molar-refractivity contribution < 1.29 is 38.8 Å². The number of rotatable bonds is 17. The Hall–Kier alpha value is -1.69. The second-order valence-corrected chi connectivity index (χ2v) is 17.3. The number of thiazole rings is 1. The van der Waals surface area contributed by atoms with Crippen LogP contribution in [-0.2, 0) is 23.8 Å². The van der Waals surface area contributed by atoms with E-state index < -0.39 is 63.6 Å². The third kappa shape index (κ3) is 16.5. The van der Waals surface area contributed by atoms with Crippen LogP contribution in [-0.4, -0.2) is 67.4 Å². The molecule has 0 aliphatic carbocycles. The first kappa shape index (κ1) is 43.3. The number of alkyl halides is 3. The van der Waals surface area contributed by atoms with Crippen molar-refractivity contribution in [1.82, 2.24) is 4.98 Å². The maximum absolute atomic E-state index is 13.8. The third-order valence-electron chi connectivity index (χ3n) is 7.76. The van der Waals surface area contributed by atoms with Crippen LogP contribution < -0.4 is 0 Å². The maximum atomic E-state index is 13.8. The van der Waals surface area contributed by atoms with Crippen molar-refractivity contribution in [3.8, 4) is 0 Å². The molecule has 1 aromatic heterocycles. The fourth-order valence-electron chi connectivity index (χ4n) is 4.94. The van der Waals surface area contributed by atoms with Gasteiger partial charge in [-0.1, -0.05) is 74.1 Å². The van der Waals surface area contributed by atoms with Crippen LogP contribution in [0.5, 0.6) is 0 Å². The molecule has 268 valence electrons. The molecule has 1 rings (SSSR count). The highest BCUT2D eigenvalue weighted by Crippen LogP contribution is 2.34. The average Bonchev–Trinajstić information content (AvgIpc) is 3.34. The molecule has 0 aromatic carbocycles. The van der Waals surface area contributed by atoms with Gasteiger partial charge in [-0.05, 0) is 84.8 Å².